The van der Waals surface area contributed by atoms with Crippen LogP contribution in [0.3, 0.4) is 0 Å². The first-order valence-electron chi connectivity index (χ1n) is 14.9. The van der Waals surface area contributed by atoms with Crippen LogP contribution in [0, 0.1) is 0 Å². The Morgan fingerprint density at radius 2 is 0.625 bits per heavy atom. The van der Waals surface area contributed by atoms with Crippen LogP contribution in [0.5, 0.6) is 0 Å². The summed E-state index contributed by atoms with van der Waals surface area (Å²) in [5, 5.41) is 0. The standard InChI is InChI=1S/C38H36N2/c1-5-27-28(6-2)36-20-24-18-26(34-16-12-11-14-32(24)34)22-38-30(8-4)29(7-3)37(40-38)21-25-17-23(19-35(27)39-36)31-13-9-10-15-33(25)31/h9-22,39-40H,5-8H2,1-4H3. The van der Waals surface area contributed by atoms with Crippen LogP contribution in [0.1, 0.15) is 49.9 Å². The van der Waals surface area contributed by atoms with E-state index >= 15 is 0 Å². The Hall–Kier alpha value is -4.30. The Morgan fingerprint density at radius 1 is 0.375 bits per heavy atom. The van der Waals surface area contributed by atoms with E-state index in [1.807, 2.05) is 0 Å². The molecule has 0 fully saturated rings. The van der Waals surface area contributed by atoms with Crippen LogP contribution in [0.15, 0.2) is 84.9 Å². The molecule has 0 spiro atoms. The lowest BCUT2D eigenvalue weighted by Gasteiger charge is -2.02. The Labute approximate surface area is 236 Å². The van der Waals surface area contributed by atoms with Crippen molar-refractivity contribution in [1.29, 1.82) is 0 Å². The van der Waals surface area contributed by atoms with E-state index in [2.05, 4.69) is 123 Å². The Balaban J connectivity index is 1.69. The smallest absolute Gasteiger partial charge is 0.0426 e. The third kappa shape index (κ3) is 3.78. The first-order valence-corrected chi connectivity index (χ1v) is 14.9. The predicted molar refractivity (Wildman–Crippen MR) is 172 cm³/mol. The summed E-state index contributed by atoms with van der Waals surface area (Å²) in [5.74, 6) is 0. The van der Waals surface area contributed by atoms with Crippen molar-refractivity contribution in [3.05, 3.63) is 107 Å². The highest BCUT2D eigenvalue weighted by Gasteiger charge is 2.19. The topological polar surface area (TPSA) is 31.6 Å². The molecular weight excluding hydrogens is 484 g/mol. The Bertz CT molecular complexity index is 1670. The molecule has 198 valence electrons. The maximum atomic E-state index is 3.86. The van der Waals surface area contributed by atoms with E-state index in [1.165, 1.54) is 88.8 Å². The number of benzene rings is 2. The molecular formula is C38H36N2. The second kappa shape index (κ2) is 9.71. The fourth-order valence-electron chi connectivity index (χ4n) is 7.07. The number of rotatable bonds is 4. The monoisotopic (exact) mass is 520 g/mol. The van der Waals surface area contributed by atoms with E-state index < -0.39 is 0 Å². The third-order valence-electron chi connectivity index (χ3n) is 8.90. The van der Waals surface area contributed by atoms with Crippen molar-refractivity contribution in [1.82, 2.24) is 9.97 Å². The van der Waals surface area contributed by atoms with Gasteiger partial charge in [-0.3, -0.25) is 0 Å². The average molecular weight is 521 g/mol. The van der Waals surface area contributed by atoms with E-state index in [-0.39, 0.29) is 0 Å². The molecule has 2 nitrogen and oxygen atoms in total. The minimum atomic E-state index is 1.00. The van der Waals surface area contributed by atoms with E-state index in [4.69, 9.17) is 0 Å². The quantitative estimate of drug-likeness (QED) is 0.231. The highest BCUT2D eigenvalue weighted by Crippen LogP contribution is 2.42. The van der Waals surface area contributed by atoms with Gasteiger partial charge in [-0.15, -0.1) is 0 Å². The van der Waals surface area contributed by atoms with Gasteiger partial charge < -0.3 is 9.97 Å². The molecule has 3 aromatic heterocycles. The highest BCUT2D eigenvalue weighted by atomic mass is 14.7. The zero-order valence-corrected chi connectivity index (χ0v) is 23.9. The summed E-state index contributed by atoms with van der Waals surface area (Å²) in [6.07, 6.45) is 4.01. The molecule has 0 saturated carbocycles. The largest absolute Gasteiger partial charge is 0.355 e. The summed E-state index contributed by atoms with van der Waals surface area (Å²) < 4.78 is 0. The number of nitrogens with one attached hydrogen (secondary N) is 2. The lowest BCUT2D eigenvalue weighted by molar-refractivity contribution is 1.07. The van der Waals surface area contributed by atoms with Crippen molar-refractivity contribution in [3.63, 3.8) is 0 Å². The minimum absolute atomic E-state index is 1.00. The number of aromatic nitrogens is 2. The molecule has 7 rings (SSSR count). The molecule has 0 aliphatic heterocycles. The molecule has 5 aromatic rings. The van der Waals surface area contributed by atoms with Crippen molar-refractivity contribution in [2.45, 2.75) is 53.4 Å². The lowest BCUT2D eigenvalue weighted by Crippen LogP contribution is -1.85. The first kappa shape index (κ1) is 24.7. The lowest BCUT2D eigenvalue weighted by atomic mass is 10.0. The van der Waals surface area contributed by atoms with Crippen LogP contribution in [0.4, 0.5) is 0 Å². The minimum Gasteiger partial charge on any atom is -0.355 e. The number of aromatic amines is 2. The summed E-state index contributed by atoms with van der Waals surface area (Å²) in [6.45, 7) is 9.11. The van der Waals surface area contributed by atoms with Crippen molar-refractivity contribution in [3.8, 4) is 44.5 Å². The van der Waals surface area contributed by atoms with Crippen LogP contribution in [-0.2, 0) is 25.7 Å². The van der Waals surface area contributed by atoms with Gasteiger partial charge >= 0.3 is 0 Å². The zero-order chi connectivity index (χ0) is 27.4. The third-order valence-corrected chi connectivity index (χ3v) is 8.90. The van der Waals surface area contributed by atoms with Crippen LogP contribution in [0.25, 0.3) is 66.6 Å². The molecule has 0 amide bonds. The summed E-state index contributed by atoms with van der Waals surface area (Å²) in [7, 11) is 0. The number of fused-ring (bicyclic) bond motifs is 14. The molecule has 0 atom stereocenters. The van der Waals surface area contributed by atoms with Gasteiger partial charge in [0.05, 0.1) is 0 Å². The van der Waals surface area contributed by atoms with Crippen LogP contribution < -0.4 is 0 Å². The number of hydrogen-bond donors (Lipinski definition) is 2. The summed E-state index contributed by atoms with van der Waals surface area (Å²) >= 11 is 0. The number of H-pyrrole nitrogens is 2. The zero-order valence-electron chi connectivity index (χ0n) is 23.9. The molecule has 2 aliphatic carbocycles. The van der Waals surface area contributed by atoms with Gasteiger partial charge in [-0.05, 0) is 129 Å². The fourth-order valence-corrected chi connectivity index (χ4v) is 7.07. The van der Waals surface area contributed by atoms with Gasteiger partial charge in [0, 0.05) is 22.1 Å². The summed E-state index contributed by atoms with van der Waals surface area (Å²) in [6, 6.07) is 31.9. The van der Waals surface area contributed by atoms with E-state index in [0.717, 1.165) is 25.7 Å². The van der Waals surface area contributed by atoms with Gasteiger partial charge in [0.1, 0.15) is 0 Å². The number of hydrogen-bond acceptors (Lipinski definition) is 0. The van der Waals surface area contributed by atoms with Crippen LogP contribution >= 0.6 is 0 Å². The maximum absolute atomic E-state index is 3.86. The van der Waals surface area contributed by atoms with Crippen molar-refractivity contribution in [2.24, 2.45) is 0 Å². The van der Waals surface area contributed by atoms with Crippen molar-refractivity contribution in [2.75, 3.05) is 0 Å². The molecule has 0 saturated heterocycles. The first-order chi connectivity index (χ1) is 19.6. The normalized spacial score (nSPS) is 11.9. The Kier molecular flexibility index (Phi) is 6.00. The van der Waals surface area contributed by atoms with Gasteiger partial charge in [-0.25, -0.2) is 0 Å². The van der Waals surface area contributed by atoms with Gasteiger partial charge in [0.25, 0.3) is 0 Å². The van der Waals surface area contributed by atoms with Crippen molar-refractivity contribution < 1.29 is 0 Å². The summed E-state index contributed by atoms with van der Waals surface area (Å²) in [4.78, 5) is 7.72. The van der Waals surface area contributed by atoms with E-state index in [1.54, 1.807) is 0 Å². The SMILES string of the molecule is CCc1c(CC)c2cc3cc(cc4[nH]c(cc5cc(cc1[nH]2)-c1ccccc1-5)c(CC)c4CC)-c1ccccc1-3. The van der Waals surface area contributed by atoms with Gasteiger partial charge in [0.2, 0.25) is 0 Å². The molecule has 0 radical (unpaired) electrons. The van der Waals surface area contributed by atoms with Crippen LogP contribution in [-0.4, -0.2) is 9.97 Å². The maximum Gasteiger partial charge on any atom is 0.0426 e. The number of aryl methyl sites for hydroxylation is 4. The van der Waals surface area contributed by atoms with Crippen molar-refractivity contribution >= 4 is 22.1 Å². The van der Waals surface area contributed by atoms with E-state index in [0.29, 0.717) is 0 Å². The molecule has 8 bridgehead atoms. The van der Waals surface area contributed by atoms with Gasteiger partial charge in [0.15, 0.2) is 0 Å². The molecule has 2 N–H and O–H groups in total. The average Bonchev–Trinajstić information content (AvgIpc) is 3.70. The predicted octanol–water partition coefficient (Wildman–Crippen LogP) is 10.4. The second-order valence-corrected chi connectivity index (χ2v) is 11.0. The Morgan fingerprint density at radius 3 is 0.850 bits per heavy atom. The van der Waals surface area contributed by atoms with Gasteiger partial charge in [-0.1, -0.05) is 76.2 Å². The highest BCUT2D eigenvalue weighted by molar-refractivity contribution is 5.95. The molecule has 2 aliphatic rings. The molecule has 2 aromatic carbocycles. The van der Waals surface area contributed by atoms with Gasteiger partial charge in [-0.2, -0.15) is 0 Å². The molecule has 0 unspecified atom stereocenters. The van der Waals surface area contributed by atoms with E-state index in [9.17, 15) is 0 Å². The molecule has 40 heavy (non-hydrogen) atoms. The molecule has 2 heteroatoms. The second-order valence-electron chi connectivity index (χ2n) is 11.0. The van der Waals surface area contributed by atoms with Crippen LogP contribution in [0.2, 0.25) is 0 Å². The fraction of sp³-hybridized carbons (Fsp3) is 0.211. The summed E-state index contributed by atoms with van der Waals surface area (Å²) in [5.41, 5.74) is 20.9. The molecule has 3 heterocycles.